The second kappa shape index (κ2) is 7.74. The zero-order valence-corrected chi connectivity index (χ0v) is 13.4. The van der Waals surface area contributed by atoms with Gasteiger partial charge in [0.25, 0.3) is 0 Å². The van der Waals surface area contributed by atoms with E-state index in [0.29, 0.717) is 18.7 Å². The third-order valence-corrected chi connectivity index (χ3v) is 3.88. The van der Waals surface area contributed by atoms with Crippen LogP contribution in [0.4, 0.5) is 18.0 Å². The zero-order chi connectivity index (χ0) is 17.7. The van der Waals surface area contributed by atoms with Crippen molar-refractivity contribution >= 4 is 6.03 Å². The van der Waals surface area contributed by atoms with Gasteiger partial charge in [-0.05, 0) is 25.0 Å². The second-order valence-electron chi connectivity index (χ2n) is 5.96. The van der Waals surface area contributed by atoms with Crippen LogP contribution in [-0.4, -0.2) is 48.5 Å². The average molecular weight is 346 g/mol. The molecule has 0 aliphatic carbocycles. The summed E-state index contributed by atoms with van der Waals surface area (Å²) in [5.74, 6) is 0.197. The maximum absolute atomic E-state index is 12.3. The molecule has 0 aromatic heterocycles. The first-order valence-electron chi connectivity index (χ1n) is 7.71. The Morgan fingerprint density at radius 3 is 2.83 bits per heavy atom. The van der Waals surface area contributed by atoms with Gasteiger partial charge in [-0.3, -0.25) is 0 Å². The van der Waals surface area contributed by atoms with Gasteiger partial charge in [-0.25, -0.2) is 4.79 Å². The summed E-state index contributed by atoms with van der Waals surface area (Å²) in [5.41, 5.74) is 1.25. The number of nitrogens with one attached hydrogen (secondary N) is 1. The summed E-state index contributed by atoms with van der Waals surface area (Å²) in [6.07, 6.45) is -3.67. The molecule has 1 fully saturated rings. The Hall–Kier alpha value is -1.96. The molecular formula is C16H21F3N2O3. The van der Waals surface area contributed by atoms with Crippen molar-refractivity contribution in [1.82, 2.24) is 10.2 Å². The van der Waals surface area contributed by atoms with Gasteiger partial charge in [0.1, 0.15) is 5.75 Å². The van der Waals surface area contributed by atoms with Gasteiger partial charge in [0.05, 0.1) is 0 Å². The highest BCUT2D eigenvalue weighted by molar-refractivity contribution is 5.74. The number of hydrogen-bond donors (Lipinski definition) is 2. The van der Waals surface area contributed by atoms with E-state index in [9.17, 15) is 18.0 Å². The van der Waals surface area contributed by atoms with E-state index in [-0.39, 0.29) is 30.9 Å². The Bertz CT molecular complexity index is 578. The van der Waals surface area contributed by atoms with Crippen LogP contribution in [-0.2, 0) is 6.54 Å². The van der Waals surface area contributed by atoms with E-state index in [1.165, 1.54) is 6.07 Å². The Morgan fingerprint density at radius 1 is 1.46 bits per heavy atom. The fraction of sp³-hybridized carbons (Fsp3) is 0.562. The summed E-state index contributed by atoms with van der Waals surface area (Å²) in [6.45, 7) is 1.53. The molecule has 2 rings (SSSR count). The topological polar surface area (TPSA) is 61.8 Å². The van der Waals surface area contributed by atoms with Crippen molar-refractivity contribution in [3.8, 4) is 5.75 Å². The normalized spacial score (nSPS) is 17.9. The molecule has 1 unspecified atom stereocenters. The van der Waals surface area contributed by atoms with Crippen LogP contribution >= 0.6 is 0 Å². The van der Waals surface area contributed by atoms with Gasteiger partial charge in [0.15, 0.2) is 6.61 Å². The van der Waals surface area contributed by atoms with E-state index in [1.807, 2.05) is 0 Å². The number of urea groups is 1. The molecule has 2 N–H and O–H groups in total. The first-order chi connectivity index (χ1) is 11.3. The fourth-order valence-corrected chi connectivity index (χ4v) is 2.55. The van der Waals surface area contributed by atoms with Gasteiger partial charge in [-0.2, -0.15) is 13.2 Å². The number of amides is 2. The van der Waals surface area contributed by atoms with Crippen molar-refractivity contribution < 1.29 is 27.8 Å². The van der Waals surface area contributed by atoms with Crippen molar-refractivity contribution in [1.29, 1.82) is 0 Å². The SMILES string of the molecule is Cc1ccc(CNC(=O)N2CCC(CO)C2)c(OCC(F)(F)F)c1. The van der Waals surface area contributed by atoms with E-state index in [1.54, 1.807) is 24.0 Å². The predicted octanol–water partition coefficient (Wildman–Crippen LogP) is 2.46. The Morgan fingerprint density at radius 2 is 2.21 bits per heavy atom. The molecule has 1 atom stereocenters. The lowest BCUT2D eigenvalue weighted by Gasteiger charge is -2.18. The number of nitrogens with zero attached hydrogens (tertiary/aromatic N) is 1. The standard InChI is InChI=1S/C16H21F3N2O3/c1-11-2-3-13(14(6-11)24-10-16(17,18)19)7-20-15(23)21-5-4-12(8-21)9-22/h2-3,6,12,22H,4-5,7-10H2,1H3,(H,20,23). The predicted molar refractivity (Wildman–Crippen MR) is 81.7 cm³/mol. The highest BCUT2D eigenvalue weighted by atomic mass is 19.4. The molecule has 1 saturated heterocycles. The Balaban J connectivity index is 1.95. The van der Waals surface area contributed by atoms with Crippen LogP contribution in [0.3, 0.4) is 0 Å². The molecule has 1 aliphatic rings. The average Bonchev–Trinajstić information content (AvgIpc) is 3.00. The summed E-state index contributed by atoms with van der Waals surface area (Å²) >= 11 is 0. The molecule has 0 saturated carbocycles. The number of likely N-dealkylation sites (tertiary alicyclic amines) is 1. The molecule has 8 heteroatoms. The summed E-state index contributed by atoms with van der Waals surface area (Å²) in [7, 11) is 0. The second-order valence-corrected chi connectivity index (χ2v) is 5.96. The number of hydrogen-bond acceptors (Lipinski definition) is 3. The van der Waals surface area contributed by atoms with E-state index in [4.69, 9.17) is 9.84 Å². The number of carbonyl (C=O) groups is 1. The third kappa shape index (κ3) is 5.30. The third-order valence-electron chi connectivity index (χ3n) is 3.88. The number of aliphatic hydroxyl groups excluding tert-OH is 1. The van der Waals surface area contributed by atoms with Gasteiger partial charge < -0.3 is 20.1 Å². The number of alkyl halides is 3. The number of ether oxygens (including phenoxy) is 1. The van der Waals surface area contributed by atoms with Crippen molar-refractivity contribution in [2.45, 2.75) is 26.1 Å². The molecular weight excluding hydrogens is 325 g/mol. The van der Waals surface area contributed by atoms with E-state index >= 15 is 0 Å². The molecule has 0 bridgehead atoms. The first kappa shape index (κ1) is 18.4. The van der Waals surface area contributed by atoms with E-state index in [2.05, 4.69) is 5.32 Å². The van der Waals surface area contributed by atoms with Crippen LogP contribution < -0.4 is 10.1 Å². The molecule has 1 heterocycles. The van der Waals surface area contributed by atoms with Crippen LogP contribution in [0.15, 0.2) is 18.2 Å². The minimum Gasteiger partial charge on any atom is -0.484 e. The zero-order valence-electron chi connectivity index (χ0n) is 13.4. The Labute approximate surface area is 138 Å². The van der Waals surface area contributed by atoms with Gasteiger partial charge >= 0.3 is 12.2 Å². The molecule has 1 aliphatic heterocycles. The number of aryl methyl sites for hydroxylation is 1. The number of halogens is 3. The molecule has 24 heavy (non-hydrogen) atoms. The summed E-state index contributed by atoms with van der Waals surface area (Å²) in [5, 5.41) is 11.8. The molecule has 2 amide bonds. The van der Waals surface area contributed by atoms with Crippen LogP contribution in [0.1, 0.15) is 17.5 Å². The van der Waals surface area contributed by atoms with Crippen molar-refractivity contribution in [2.75, 3.05) is 26.3 Å². The largest absolute Gasteiger partial charge is 0.484 e. The smallest absolute Gasteiger partial charge is 0.422 e. The molecule has 134 valence electrons. The molecule has 1 aromatic carbocycles. The van der Waals surface area contributed by atoms with Gasteiger partial charge in [0.2, 0.25) is 0 Å². The van der Waals surface area contributed by atoms with Crippen LogP contribution in [0.5, 0.6) is 5.75 Å². The van der Waals surface area contributed by atoms with Crippen LogP contribution in [0.25, 0.3) is 0 Å². The molecule has 0 radical (unpaired) electrons. The minimum absolute atomic E-state index is 0.0389. The van der Waals surface area contributed by atoms with Gasteiger partial charge in [0, 0.05) is 37.7 Å². The summed E-state index contributed by atoms with van der Waals surface area (Å²) in [6, 6.07) is 4.61. The number of aliphatic hydroxyl groups is 1. The number of carbonyl (C=O) groups excluding carboxylic acids is 1. The van der Waals surface area contributed by atoms with Crippen LogP contribution in [0, 0.1) is 12.8 Å². The monoisotopic (exact) mass is 346 g/mol. The minimum atomic E-state index is -4.42. The lowest BCUT2D eigenvalue weighted by molar-refractivity contribution is -0.153. The van der Waals surface area contributed by atoms with Crippen LogP contribution in [0.2, 0.25) is 0 Å². The summed E-state index contributed by atoms with van der Waals surface area (Å²) in [4.78, 5) is 13.7. The van der Waals surface area contributed by atoms with Gasteiger partial charge in [-0.1, -0.05) is 12.1 Å². The van der Waals surface area contributed by atoms with Crippen molar-refractivity contribution in [2.24, 2.45) is 5.92 Å². The maximum atomic E-state index is 12.3. The Kier molecular flexibility index (Phi) is 5.93. The van der Waals surface area contributed by atoms with Crippen molar-refractivity contribution in [3.05, 3.63) is 29.3 Å². The first-order valence-corrected chi connectivity index (χ1v) is 7.71. The fourth-order valence-electron chi connectivity index (χ4n) is 2.55. The highest BCUT2D eigenvalue weighted by Gasteiger charge is 2.29. The number of rotatable bonds is 5. The molecule has 5 nitrogen and oxygen atoms in total. The van der Waals surface area contributed by atoms with E-state index < -0.39 is 12.8 Å². The lowest BCUT2D eigenvalue weighted by Crippen LogP contribution is -2.38. The number of benzene rings is 1. The van der Waals surface area contributed by atoms with Crippen molar-refractivity contribution in [3.63, 3.8) is 0 Å². The van der Waals surface area contributed by atoms with Gasteiger partial charge in [-0.15, -0.1) is 0 Å². The highest BCUT2D eigenvalue weighted by Crippen LogP contribution is 2.24. The summed E-state index contributed by atoms with van der Waals surface area (Å²) < 4.78 is 41.9. The molecule has 1 aromatic rings. The quantitative estimate of drug-likeness (QED) is 0.861. The molecule has 0 spiro atoms. The lowest BCUT2D eigenvalue weighted by atomic mass is 10.1. The maximum Gasteiger partial charge on any atom is 0.422 e. The van der Waals surface area contributed by atoms with E-state index in [0.717, 1.165) is 12.0 Å².